The monoisotopic (exact) mass is 382 g/mol. The molecule has 28 heavy (non-hydrogen) atoms. The molecule has 2 N–H and O–H groups in total. The van der Waals surface area contributed by atoms with Crippen LogP contribution in [-0.4, -0.2) is 40.9 Å². The van der Waals surface area contributed by atoms with Gasteiger partial charge in [0.1, 0.15) is 12.2 Å². The molecule has 1 aliphatic rings. The Hall–Kier alpha value is -2.37. The summed E-state index contributed by atoms with van der Waals surface area (Å²) >= 11 is 0. The van der Waals surface area contributed by atoms with Crippen molar-refractivity contribution in [2.24, 2.45) is 4.99 Å². The van der Waals surface area contributed by atoms with E-state index in [0.29, 0.717) is 0 Å². The van der Waals surface area contributed by atoms with Gasteiger partial charge in [0.05, 0.1) is 0 Å². The highest BCUT2D eigenvalue weighted by Gasteiger charge is 2.34. The zero-order chi connectivity index (χ0) is 19.8. The number of nitrogens with zero attached hydrogens (tertiary/aromatic N) is 4. The molecule has 1 aliphatic carbocycles. The van der Waals surface area contributed by atoms with Gasteiger partial charge in [-0.05, 0) is 30.9 Å². The molecule has 0 unspecified atom stereocenters. The van der Waals surface area contributed by atoms with E-state index in [1.165, 1.54) is 43.2 Å². The molecular weight excluding hydrogens is 348 g/mol. The number of hydrogen-bond acceptors (Lipinski definition) is 3. The zero-order valence-corrected chi connectivity index (χ0v) is 17.5. The Morgan fingerprint density at radius 3 is 2.68 bits per heavy atom. The van der Waals surface area contributed by atoms with E-state index in [-0.39, 0.29) is 5.41 Å². The first-order chi connectivity index (χ1) is 13.7. The van der Waals surface area contributed by atoms with Gasteiger partial charge in [-0.1, -0.05) is 50.5 Å². The average molecular weight is 383 g/mol. The number of aliphatic imine (C=N–C) groups is 1. The second-order valence-corrected chi connectivity index (χ2v) is 7.80. The standard InChI is InChI=1S/C22H34N6/c1-4-20-27-26-17-28(20)15-14-24-21(23-3)25-16-22(12-8-5-9-13-22)19-11-7-6-10-18(19)2/h6-7,10-11,17H,4-5,8-9,12-16H2,1-3H3,(H2,23,24,25). The maximum absolute atomic E-state index is 4.43. The third-order valence-electron chi connectivity index (χ3n) is 6.00. The van der Waals surface area contributed by atoms with E-state index in [0.717, 1.165) is 37.8 Å². The van der Waals surface area contributed by atoms with E-state index < -0.39 is 0 Å². The fourth-order valence-electron chi connectivity index (χ4n) is 4.45. The van der Waals surface area contributed by atoms with Crippen LogP contribution in [0.4, 0.5) is 0 Å². The van der Waals surface area contributed by atoms with Crippen molar-refractivity contribution in [3.8, 4) is 0 Å². The van der Waals surface area contributed by atoms with Crippen LogP contribution in [0.2, 0.25) is 0 Å². The van der Waals surface area contributed by atoms with Crippen LogP contribution >= 0.6 is 0 Å². The van der Waals surface area contributed by atoms with Gasteiger partial charge < -0.3 is 15.2 Å². The molecule has 0 atom stereocenters. The van der Waals surface area contributed by atoms with Gasteiger partial charge in [0.25, 0.3) is 0 Å². The van der Waals surface area contributed by atoms with Crippen LogP contribution in [0.3, 0.4) is 0 Å². The Morgan fingerprint density at radius 2 is 1.96 bits per heavy atom. The van der Waals surface area contributed by atoms with Crippen molar-refractivity contribution in [2.45, 2.75) is 64.3 Å². The Balaban J connectivity index is 1.61. The van der Waals surface area contributed by atoms with Crippen LogP contribution in [0.5, 0.6) is 0 Å². The van der Waals surface area contributed by atoms with Crippen molar-refractivity contribution in [2.75, 3.05) is 20.1 Å². The molecular formula is C22H34N6. The van der Waals surface area contributed by atoms with Crippen molar-refractivity contribution in [1.82, 2.24) is 25.4 Å². The van der Waals surface area contributed by atoms with E-state index in [9.17, 15) is 0 Å². The summed E-state index contributed by atoms with van der Waals surface area (Å²) in [6.45, 7) is 6.89. The van der Waals surface area contributed by atoms with Gasteiger partial charge in [-0.15, -0.1) is 10.2 Å². The van der Waals surface area contributed by atoms with Crippen molar-refractivity contribution in [3.63, 3.8) is 0 Å². The second kappa shape index (κ2) is 9.71. The smallest absolute Gasteiger partial charge is 0.191 e. The van der Waals surface area contributed by atoms with Crippen molar-refractivity contribution in [3.05, 3.63) is 47.5 Å². The lowest BCUT2D eigenvalue weighted by molar-refractivity contribution is 0.290. The Morgan fingerprint density at radius 1 is 1.18 bits per heavy atom. The van der Waals surface area contributed by atoms with Crippen LogP contribution in [-0.2, 0) is 18.4 Å². The van der Waals surface area contributed by atoms with E-state index in [4.69, 9.17) is 0 Å². The number of aryl methyl sites for hydroxylation is 2. The van der Waals surface area contributed by atoms with Gasteiger partial charge in [0, 0.05) is 38.5 Å². The van der Waals surface area contributed by atoms with Gasteiger partial charge in [-0.3, -0.25) is 4.99 Å². The van der Waals surface area contributed by atoms with Crippen LogP contribution < -0.4 is 10.6 Å². The molecule has 1 aromatic heterocycles. The minimum Gasteiger partial charge on any atom is -0.356 e. The van der Waals surface area contributed by atoms with Gasteiger partial charge in [0.2, 0.25) is 0 Å². The van der Waals surface area contributed by atoms with E-state index >= 15 is 0 Å². The van der Waals surface area contributed by atoms with Crippen molar-refractivity contribution >= 4 is 5.96 Å². The largest absolute Gasteiger partial charge is 0.356 e. The summed E-state index contributed by atoms with van der Waals surface area (Å²) in [6, 6.07) is 8.87. The number of aromatic nitrogens is 3. The molecule has 6 nitrogen and oxygen atoms in total. The Labute approximate surface area is 168 Å². The topological polar surface area (TPSA) is 67.1 Å². The normalized spacial score (nSPS) is 16.8. The average Bonchev–Trinajstić information content (AvgIpc) is 3.19. The van der Waals surface area contributed by atoms with Crippen LogP contribution in [0.15, 0.2) is 35.6 Å². The highest BCUT2D eigenvalue weighted by atomic mass is 15.3. The number of guanidine groups is 1. The Bertz CT molecular complexity index is 773. The molecule has 152 valence electrons. The van der Waals surface area contributed by atoms with Gasteiger partial charge >= 0.3 is 0 Å². The molecule has 0 spiro atoms. The summed E-state index contributed by atoms with van der Waals surface area (Å²) in [5.41, 5.74) is 3.09. The number of benzene rings is 1. The minimum atomic E-state index is 0.199. The fraction of sp³-hybridized carbons (Fsp3) is 0.591. The molecule has 1 heterocycles. The summed E-state index contributed by atoms with van der Waals surface area (Å²) in [5.74, 6) is 1.88. The predicted molar refractivity (Wildman–Crippen MR) is 115 cm³/mol. The summed E-state index contributed by atoms with van der Waals surface area (Å²) < 4.78 is 2.09. The molecule has 2 aromatic rings. The molecule has 3 rings (SSSR count). The third kappa shape index (κ3) is 4.72. The van der Waals surface area contributed by atoms with Gasteiger partial charge in [-0.2, -0.15) is 0 Å². The molecule has 0 saturated heterocycles. The van der Waals surface area contributed by atoms with E-state index in [1.54, 1.807) is 6.33 Å². The molecule has 1 saturated carbocycles. The highest BCUT2D eigenvalue weighted by Crippen LogP contribution is 2.40. The van der Waals surface area contributed by atoms with E-state index in [1.807, 2.05) is 7.05 Å². The lowest BCUT2D eigenvalue weighted by Gasteiger charge is -2.39. The fourth-order valence-corrected chi connectivity index (χ4v) is 4.45. The first-order valence-electron chi connectivity index (χ1n) is 10.6. The van der Waals surface area contributed by atoms with Crippen LogP contribution in [0.25, 0.3) is 0 Å². The summed E-state index contributed by atoms with van der Waals surface area (Å²) in [5, 5.41) is 15.2. The number of rotatable bonds is 7. The minimum absolute atomic E-state index is 0.199. The molecule has 1 aromatic carbocycles. The Kier molecular flexibility index (Phi) is 7.06. The summed E-state index contributed by atoms with van der Waals surface area (Å²) in [4.78, 5) is 4.43. The van der Waals surface area contributed by atoms with Crippen molar-refractivity contribution < 1.29 is 0 Å². The second-order valence-electron chi connectivity index (χ2n) is 7.80. The van der Waals surface area contributed by atoms with Gasteiger partial charge in [0.15, 0.2) is 5.96 Å². The van der Waals surface area contributed by atoms with Gasteiger partial charge in [-0.25, -0.2) is 0 Å². The number of hydrogen-bond donors (Lipinski definition) is 2. The van der Waals surface area contributed by atoms with Crippen molar-refractivity contribution in [1.29, 1.82) is 0 Å². The van der Waals surface area contributed by atoms with Crippen LogP contribution in [0.1, 0.15) is 56.0 Å². The van der Waals surface area contributed by atoms with Crippen LogP contribution in [0, 0.1) is 6.92 Å². The molecule has 0 bridgehead atoms. The molecule has 0 aliphatic heterocycles. The zero-order valence-electron chi connectivity index (χ0n) is 17.5. The lowest BCUT2D eigenvalue weighted by Crippen LogP contribution is -2.47. The van der Waals surface area contributed by atoms with E-state index in [2.05, 4.69) is 68.5 Å². The first-order valence-corrected chi connectivity index (χ1v) is 10.6. The molecule has 0 radical (unpaired) electrons. The molecule has 0 amide bonds. The molecule has 1 fully saturated rings. The molecule has 6 heteroatoms. The highest BCUT2D eigenvalue weighted by molar-refractivity contribution is 5.79. The maximum Gasteiger partial charge on any atom is 0.191 e. The maximum atomic E-state index is 4.43. The quantitative estimate of drug-likeness (QED) is 0.570. The predicted octanol–water partition coefficient (Wildman–Crippen LogP) is 3.22. The SMILES string of the molecule is CCc1nncn1CCNC(=NC)NCC1(c2ccccc2C)CCCCC1. The third-order valence-corrected chi connectivity index (χ3v) is 6.00. The summed E-state index contributed by atoms with van der Waals surface area (Å²) in [7, 11) is 1.84. The first kappa shape index (κ1) is 20.4. The number of nitrogens with one attached hydrogen (secondary N) is 2. The summed E-state index contributed by atoms with van der Waals surface area (Å²) in [6.07, 6.45) is 9.12. The lowest BCUT2D eigenvalue weighted by atomic mass is 9.68.